The minimum Gasteiger partial charge on any atom is -0.469 e. The van der Waals surface area contributed by atoms with E-state index in [1.165, 1.54) is 7.11 Å². The van der Waals surface area contributed by atoms with E-state index in [1.54, 1.807) is 4.90 Å². The van der Waals surface area contributed by atoms with E-state index in [4.69, 9.17) is 4.74 Å². The molecule has 8 nitrogen and oxygen atoms in total. The van der Waals surface area contributed by atoms with Gasteiger partial charge in [0.2, 0.25) is 0 Å². The van der Waals surface area contributed by atoms with E-state index in [-0.39, 0.29) is 24.0 Å². The molecule has 1 aromatic rings. The fraction of sp³-hybridized carbons (Fsp3) is 0.765. The summed E-state index contributed by atoms with van der Waals surface area (Å²) in [5.74, 6) is 1.57. The second-order valence-electron chi connectivity index (χ2n) is 7.44. The van der Waals surface area contributed by atoms with Crippen molar-refractivity contribution in [2.24, 2.45) is 11.3 Å². The third-order valence-corrected chi connectivity index (χ3v) is 5.66. The zero-order valence-electron chi connectivity index (χ0n) is 15.4. The highest BCUT2D eigenvalue weighted by atomic mass is 16.5. The topological polar surface area (TPSA) is 89.3 Å². The van der Waals surface area contributed by atoms with Gasteiger partial charge in [-0.3, -0.25) is 4.79 Å². The van der Waals surface area contributed by atoms with Crippen LogP contribution in [-0.2, 0) is 22.5 Å². The molecule has 3 atom stereocenters. The summed E-state index contributed by atoms with van der Waals surface area (Å²) in [6.45, 7) is 7.54. The van der Waals surface area contributed by atoms with Gasteiger partial charge in [-0.25, -0.2) is 4.79 Å². The molecule has 1 aromatic heterocycles. The largest absolute Gasteiger partial charge is 0.469 e. The number of esters is 1. The van der Waals surface area contributed by atoms with Crippen LogP contribution in [0.5, 0.6) is 0 Å². The van der Waals surface area contributed by atoms with Crippen LogP contribution in [0.3, 0.4) is 0 Å². The van der Waals surface area contributed by atoms with Crippen molar-refractivity contribution >= 4 is 12.0 Å². The molecule has 0 spiro atoms. The van der Waals surface area contributed by atoms with E-state index in [9.17, 15) is 9.59 Å². The van der Waals surface area contributed by atoms with Gasteiger partial charge in [-0.2, -0.15) is 0 Å². The maximum atomic E-state index is 12.7. The standard InChI is InChI=1S/C17H27N5O3/c1-11-9-21(10-17(11,3)15(23)25-4)16(24)18-12(2)14-20-19-13-7-5-6-8-22(13)14/h11-12H,5-10H2,1-4H3,(H,18,24)/t11-,12+,17-/m1/s1. The van der Waals surface area contributed by atoms with Gasteiger partial charge in [-0.15, -0.1) is 10.2 Å². The van der Waals surface area contributed by atoms with E-state index in [0.29, 0.717) is 13.1 Å². The number of hydrogen-bond acceptors (Lipinski definition) is 5. The molecule has 0 saturated carbocycles. The molecular weight excluding hydrogens is 322 g/mol. The predicted molar refractivity (Wildman–Crippen MR) is 90.8 cm³/mol. The highest BCUT2D eigenvalue weighted by molar-refractivity contribution is 5.81. The van der Waals surface area contributed by atoms with Crippen molar-refractivity contribution < 1.29 is 14.3 Å². The van der Waals surface area contributed by atoms with E-state index in [1.807, 2.05) is 20.8 Å². The zero-order valence-corrected chi connectivity index (χ0v) is 15.4. The predicted octanol–water partition coefficient (Wildman–Crippen LogP) is 1.52. The zero-order chi connectivity index (χ0) is 18.2. The van der Waals surface area contributed by atoms with Crippen LogP contribution in [-0.4, -0.2) is 51.9 Å². The second kappa shape index (κ2) is 6.65. The second-order valence-corrected chi connectivity index (χ2v) is 7.44. The van der Waals surface area contributed by atoms with Crippen molar-refractivity contribution in [3.8, 4) is 0 Å². The van der Waals surface area contributed by atoms with Gasteiger partial charge in [0.25, 0.3) is 0 Å². The summed E-state index contributed by atoms with van der Waals surface area (Å²) in [6, 6.07) is -0.410. The fourth-order valence-corrected chi connectivity index (χ4v) is 3.79. The molecule has 2 aliphatic heterocycles. The first-order valence-electron chi connectivity index (χ1n) is 8.92. The summed E-state index contributed by atoms with van der Waals surface area (Å²) in [7, 11) is 1.39. The fourth-order valence-electron chi connectivity index (χ4n) is 3.79. The number of fused-ring (bicyclic) bond motifs is 1. The number of urea groups is 1. The Morgan fingerprint density at radius 1 is 1.36 bits per heavy atom. The van der Waals surface area contributed by atoms with Gasteiger partial charge in [0, 0.05) is 26.1 Å². The number of ether oxygens (including phenoxy) is 1. The molecule has 0 aromatic carbocycles. The van der Waals surface area contributed by atoms with Crippen LogP contribution in [0.15, 0.2) is 0 Å². The molecule has 3 rings (SSSR count). The third kappa shape index (κ3) is 3.09. The van der Waals surface area contributed by atoms with Crippen LogP contribution in [0.25, 0.3) is 0 Å². The van der Waals surface area contributed by atoms with Crippen molar-refractivity contribution in [3.63, 3.8) is 0 Å². The lowest BCUT2D eigenvalue weighted by molar-refractivity contribution is -0.152. The Labute approximate surface area is 147 Å². The third-order valence-electron chi connectivity index (χ3n) is 5.66. The summed E-state index contributed by atoms with van der Waals surface area (Å²) in [4.78, 5) is 26.4. The lowest BCUT2D eigenvalue weighted by Crippen LogP contribution is -2.42. The van der Waals surface area contributed by atoms with Crippen molar-refractivity contribution in [2.75, 3.05) is 20.2 Å². The Hall–Kier alpha value is -2.12. The number of methoxy groups -OCH3 is 1. The van der Waals surface area contributed by atoms with Crippen LogP contribution in [0, 0.1) is 11.3 Å². The molecule has 8 heteroatoms. The Morgan fingerprint density at radius 3 is 2.84 bits per heavy atom. The first-order valence-corrected chi connectivity index (χ1v) is 8.92. The average Bonchev–Trinajstić information content (AvgIpc) is 3.16. The van der Waals surface area contributed by atoms with Crippen LogP contribution in [0.4, 0.5) is 4.79 Å². The number of nitrogens with one attached hydrogen (secondary N) is 1. The quantitative estimate of drug-likeness (QED) is 0.836. The molecular formula is C17H27N5O3. The van der Waals surface area contributed by atoms with Crippen molar-refractivity contribution in [2.45, 2.75) is 52.6 Å². The highest BCUT2D eigenvalue weighted by Crippen LogP contribution is 2.36. The molecule has 3 heterocycles. The van der Waals surface area contributed by atoms with E-state index in [2.05, 4.69) is 20.1 Å². The molecule has 2 amide bonds. The highest BCUT2D eigenvalue weighted by Gasteiger charge is 2.48. The Balaban J connectivity index is 1.67. The van der Waals surface area contributed by atoms with Crippen LogP contribution >= 0.6 is 0 Å². The minimum atomic E-state index is -0.663. The van der Waals surface area contributed by atoms with E-state index >= 15 is 0 Å². The van der Waals surface area contributed by atoms with Crippen LogP contribution in [0.1, 0.15) is 51.3 Å². The van der Waals surface area contributed by atoms with Gasteiger partial charge in [0.1, 0.15) is 5.82 Å². The Morgan fingerprint density at radius 2 is 2.12 bits per heavy atom. The number of carbonyl (C=O) groups excluding carboxylic acids is 2. The van der Waals surface area contributed by atoms with Gasteiger partial charge in [-0.05, 0) is 32.6 Å². The number of aryl methyl sites for hydroxylation is 1. The molecule has 2 aliphatic rings. The van der Waals surface area contributed by atoms with E-state index < -0.39 is 5.41 Å². The van der Waals surface area contributed by atoms with Gasteiger partial charge in [-0.1, -0.05) is 6.92 Å². The van der Waals surface area contributed by atoms with Gasteiger partial charge in [0.05, 0.1) is 18.6 Å². The maximum Gasteiger partial charge on any atom is 0.318 e. The number of carbonyl (C=O) groups is 2. The summed E-state index contributed by atoms with van der Waals surface area (Å²) >= 11 is 0. The number of aromatic nitrogens is 3. The molecule has 0 radical (unpaired) electrons. The minimum absolute atomic E-state index is 0.0434. The van der Waals surface area contributed by atoms with Crippen molar-refractivity contribution in [3.05, 3.63) is 11.6 Å². The smallest absolute Gasteiger partial charge is 0.318 e. The number of nitrogens with zero attached hydrogens (tertiary/aromatic N) is 4. The summed E-state index contributed by atoms with van der Waals surface area (Å²) in [5, 5.41) is 11.5. The summed E-state index contributed by atoms with van der Waals surface area (Å²) in [6.07, 6.45) is 3.19. The average molecular weight is 349 g/mol. The normalized spacial score (nSPS) is 26.9. The molecule has 1 N–H and O–H groups in total. The van der Waals surface area contributed by atoms with Gasteiger partial charge >= 0.3 is 12.0 Å². The lowest BCUT2D eigenvalue weighted by Gasteiger charge is -2.25. The number of amides is 2. The first kappa shape index (κ1) is 17.7. The SMILES string of the molecule is COC(=O)[C@]1(C)CN(C(=O)N[C@@H](C)c2nnc3n2CCCC3)C[C@H]1C. The molecule has 138 valence electrons. The van der Waals surface area contributed by atoms with Crippen molar-refractivity contribution in [1.29, 1.82) is 0 Å². The molecule has 0 bridgehead atoms. The number of likely N-dealkylation sites (tertiary alicyclic amines) is 1. The number of rotatable bonds is 3. The lowest BCUT2D eigenvalue weighted by atomic mass is 9.81. The Kier molecular flexibility index (Phi) is 4.71. The Bertz CT molecular complexity index is 673. The van der Waals surface area contributed by atoms with Crippen LogP contribution in [0.2, 0.25) is 0 Å². The van der Waals surface area contributed by atoms with Crippen molar-refractivity contribution in [1.82, 2.24) is 25.0 Å². The monoisotopic (exact) mass is 349 g/mol. The van der Waals surface area contributed by atoms with Gasteiger partial charge in [0.15, 0.2) is 5.82 Å². The summed E-state index contributed by atoms with van der Waals surface area (Å²) < 4.78 is 7.03. The number of hydrogen-bond donors (Lipinski definition) is 1. The first-order chi connectivity index (χ1) is 11.9. The van der Waals surface area contributed by atoms with Crippen LogP contribution < -0.4 is 5.32 Å². The molecule has 0 unspecified atom stereocenters. The molecule has 0 aliphatic carbocycles. The molecule has 25 heavy (non-hydrogen) atoms. The summed E-state index contributed by atoms with van der Waals surface area (Å²) in [5.41, 5.74) is -0.663. The van der Waals surface area contributed by atoms with E-state index in [0.717, 1.165) is 37.5 Å². The van der Waals surface area contributed by atoms with Gasteiger partial charge < -0.3 is 19.5 Å². The molecule has 1 fully saturated rings. The molecule has 1 saturated heterocycles. The maximum absolute atomic E-state index is 12.7.